The third-order valence-corrected chi connectivity index (χ3v) is 5.13. The van der Waals surface area contributed by atoms with Crippen LogP contribution in [0.5, 0.6) is 23.0 Å². The molecule has 1 aromatic heterocycles. The minimum absolute atomic E-state index is 0.0145. The first-order valence-electron chi connectivity index (χ1n) is 10.2. The molecule has 0 fully saturated rings. The molecule has 0 saturated heterocycles. The molecule has 1 aliphatic rings. The lowest BCUT2D eigenvalue weighted by Gasteiger charge is -2.10. The number of fused-ring (bicyclic) bond motifs is 2. The molecule has 4 aromatic rings. The van der Waals surface area contributed by atoms with E-state index in [0.717, 1.165) is 0 Å². The van der Waals surface area contributed by atoms with Gasteiger partial charge in [0.1, 0.15) is 5.58 Å². The summed E-state index contributed by atoms with van der Waals surface area (Å²) in [4.78, 5) is 26.0. The van der Waals surface area contributed by atoms with Gasteiger partial charge in [0.2, 0.25) is 12.6 Å². The van der Waals surface area contributed by atoms with Gasteiger partial charge in [-0.2, -0.15) is 0 Å². The van der Waals surface area contributed by atoms with Crippen LogP contribution in [0.15, 0.2) is 71.1 Å². The van der Waals surface area contributed by atoms with Crippen molar-refractivity contribution in [3.05, 3.63) is 78.1 Å². The summed E-state index contributed by atoms with van der Waals surface area (Å²) in [5.41, 5.74) is 1.10. The van der Waals surface area contributed by atoms with E-state index in [1.165, 1.54) is 7.11 Å². The summed E-state index contributed by atoms with van der Waals surface area (Å²) in [7, 11) is 1.52. The Hall–Kier alpha value is -4.46. The van der Waals surface area contributed by atoms with E-state index in [0.29, 0.717) is 39.5 Å². The second-order valence-corrected chi connectivity index (χ2v) is 7.19. The van der Waals surface area contributed by atoms with Gasteiger partial charge in [-0.3, -0.25) is 9.59 Å². The van der Waals surface area contributed by atoms with Gasteiger partial charge in [-0.25, -0.2) is 0 Å². The Labute approximate surface area is 188 Å². The lowest BCUT2D eigenvalue weighted by molar-refractivity contribution is -0.118. The highest BCUT2D eigenvalue weighted by Gasteiger charge is 2.25. The Bertz CT molecular complexity index is 1360. The second kappa shape index (κ2) is 8.58. The number of carbonyl (C=O) groups is 2. The molecule has 2 heterocycles. The van der Waals surface area contributed by atoms with E-state index in [1.807, 2.05) is 0 Å². The topological polar surface area (TPSA) is 96.2 Å². The van der Waals surface area contributed by atoms with Crippen LogP contribution in [0, 0.1) is 0 Å². The molecule has 0 unspecified atom stereocenters. The van der Waals surface area contributed by atoms with Crippen molar-refractivity contribution in [1.29, 1.82) is 0 Å². The summed E-state index contributed by atoms with van der Waals surface area (Å²) in [6, 6.07) is 19.0. The number of hydrogen-bond donors (Lipinski definition) is 1. The van der Waals surface area contributed by atoms with Crippen molar-refractivity contribution < 1.29 is 33.0 Å². The molecule has 0 radical (unpaired) electrons. The van der Waals surface area contributed by atoms with E-state index in [1.54, 1.807) is 66.7 Å². The Morgan fingerprint density at radius 2 is 1.70 bits per heavy atom. The van der Waals surface area contributed by atoms with E-state index in [-0.39, 0.29) is 24.8 Å². The number of rotatable bonds is 7. The maximum Gasteiger partial charge on any atom is 0.262 e. The first-order valence-corrected chi connectivity index (χ1v) is 10.2. The average Bonchev–Trinajstić information content (AvgIpc) is 3.47. The summed E-state index contributed by atoms with van der Waals surface area (Å²) in [5.74, 6) is 1.16. The van der Waals surface area contributed by atoms with E-state index in [9.17, 15) is 9.59 Å². The largest absolute Gasteiger partial charge is 0.493 e. The van der Waals surface area contributed by atoms with Crippen LogP contribution < -0.4 is 24.3 Å². The van der Waals surface area contributed by atoms with Gasteiger partial charge in [-0.15, -0.1) is 0 Å². The van der Waals surface area contributed by atoms with Gasteiger partial charge < -0.3 is 28.7 Å². The molecule has 0 spiro atoms. The Morgan fingerprint density at radius 3 is 2.55 bits per heavy atom. The zero-order chi connectivity index (χ0) is 22.8. The third-order valence-electron chi connectivity index (χ3n) is 5.13. The highest BCUT2D eigenvalue weighted by atomic mass is 16.7. The maximum absolute atomic E-state index is 13.3. The molecule has 8 heteroatoms. The van der Waals surface area contributed by atoms with E-state index < -0.39 is 11.7 Å². The Morgan fingerprint density at radius 1 is 0.939 bits per heavy atom. The summed E-state index contributed by atoms with van der Waals surface area (Å²) in [5, 5.41) is 3.37. The monoisotopic (exact) mass is 445 g/mol. The molecular formula is C25H19NO7. The molecule has 5 rings (SSSR count). The van der Waals surface area contributed by atoms with Crippen LogP contribution in [0.25, 0.3) is 11.0 Å². The summed E-state index contributed by atoms with van der Waals surface area (Å²) in [6.07, 6.45) is 0. The van der Waals surface area contributed by atoms with Crippen molar-refractivity contribution in [2.24, 2.45) is 0 Å². The van der Waals surface area contributed by atoms with Crippen LogP contribution in [0.4, 0.5) is 5.69 Å². The molecule has 8 nitrogen and oxygen atoms in total. The Balaban J connectivity index is 1.42. The van der Waals surface area contributed by atoms with Crippen LogP contribution in [0.3, 0.4) is 0 Å². The van der Waals surface area contributed by atoms with E-state index in [4.69, 9.17) is 23.4 Å². The van der Waals surface area contributed by atoms with Crippen LogP contribution >= 0.6 is 0 Å². The number of amides is 1. The Kier molecular flexibility index (Phi) is 5.32. The van der Waals surface area contributed by atoms with Crippen molar-refractivity contribution in [2.75, 3.05) is 25.8 Å². The third kappa shape index (κ3) is 3.94. The molecule has 1 N–H and O–H groups in total. The van der Waals surface area contributed by atoms with Crippen LogP contribution in [0.1, 0.15) is 16.1 Å². The number of ketones is 1. The molecule has 1 aliphatic heterocycles. The fraction of sp³-hybridized carbons (Fsp3) is 0.120. The van der Waals surface area contributed by atoms with Gasteiger partial charge in [-0.1, -0.05) is 24.3 Å². The van der Waals surface area contributed by atoms with Gasteiger partial charge in [-0.05, 0) is 42.5 Å². The molecule has 0 atom stereocenters. The van der Waals surface area contributed by atoms with E-state index >= 15 is 0 Å². The van der Waals surface area contributed by atoms with Crippen LogP contribution in [-0.2, 0) is 4.79 Å². The predicted octanol–water partition coefficient (Wildman–Crippen LogP) is 4.42. The number of furan rings is 1. The molecule has 0 bridgehead atoms. The highest BCUT2D eigenvalue weighted by molar-refractivity contribution is 6.17. The average molecular weight is 445 g/mol. The summed E-state index contributed by atoms with van der Waals surface area (Å²) in [6.45, 7) is -0.178. The molecule has 33 heavy (non-hydrogen) atoms. The molecule has 3 aromatic carbocycles. The van der Waals surface area contributed by atoms with Crippen molar-refractivity contribution in [3.63, 3.8) is 0 Å². The van der Waals surface area contributed by atoms with Gasteiger partial charge in [0.05, 0.1) is 12.8 Å². The minimum atomic E-state index is -0.452. The second-order valence-electron chi connectivity index (χ2n) is 7.19. The van der Waals surface area contributed by atoms with Gasteiger partial charge in [0.25, 0.3) is 5.91 Å². The van der Waals surface area contributed by atoms with E-state index in [2.05, 4.69) is 5.32 Å². The molecular weight excluding hydrogens is 426 g/mol. The quantitative estimate of drug-likeness (QED) is 0.421. The van der Waals surface area contributed by atoms with Gasteiger partial charge in [0, 0.05) is 10.9 Å². The van der Waals surface area contributed by atoms with Crippen molar-refractivity contribution in [2.45, 2.75) is 0 Å². The summed E-state index contributed by atoms with van der Waals surface area (Å²) >= 11 is 0. The maximum atomic E-state index is 13.3. The molecule has 0 aliphatic carbocycles. The number of methoxy groups -OCH3 is 1. The van der Waals surface area contributed by atoms with Gasteiger partial charge >= 0.3 is 0 Å². The smallest absolute Gasteiger partial charge is 0.262 e. The number of hydrogen-bond acceptors (Lipinski definition) is 7. The first kappa shape index (κ1) is 20.4. The lowest BCUT2D eigenvalue weighted by Crippen LogP contribution is -2.21. The fourth-order valence-corrected chi connectivity index (χ4v) is 3.56. The number of nitrogens with one attached hydrogen (secondary N) is 1. The first-order chi connectivity index (χ1) is 16.1. The van der Waals surface area contributed by atoms with Crippen molar-refractivity contribution in [1.82, 2.24) is 0 Å². The number of anilines is 1. The predicted molar refractivity (Wildman–Crippen MR) is 119 cm³/mol. The number of para-hydroxylation sites is 3. The normalized spacial score (nSPS) is 11.9. The fourth-order valence-electron chi connectivity index (χ4n) is 3.56. The van der Waals surface area contributed by atoms with Crippen molar-refractivity contribution in [3.8, 4) is 23.0 Å². The standard InChI is InChI=1S/C25H19NO7/c1-29-18-8-4-5-9-19(18)30-13-22(27)26-23-16-6-2-3-7-17(16)33-25(23)24(28)15-10-11-20-21(12-15)32-14-31-20/h2-12H,13-14H2,1H3,(H,26,27). The van der Waals surface area contributed by atoms with Crippen molar-refractivity contribution >= 4 is 28.3 Å². The number of benzene rings is 3. The minimum Gasteiger partial charge on any atom is -0.493 e. The zero-order valence-electron chi connectivity index (χ0n) is 17.6. The number of carbonyl (C=O) groups excluding carboxylic acids is 2. The molecule has 1 amide bonds. The molecule has 166 valence electrons. The highest BCUT2D eigenvalue weighted by Crippen LogP contribution is 2.36. The lowest BCUT2D eigenvalue weighted by atomic mass is 10.1. The zero-order valence-corrected chi connectivity index (χ0v) is 17.6. The van der Waals surface area contributed by atoms with Crippen LogP contribution in [0.2, 0.25) is 0 Å². The van der Waals surface area contributed by atoms with Gasteiger partial charge in [0.15, 0.2) is 35.4 Å². The SMILES string of the molecule is COc1ccccc1OCC(=O)Nc1c(C(=O)c2ccc3c(c2)OCO3)oc2ccccc12. The summed E-state index contributed by atoms with van der Waals surface area (Å²) < 4.78 is 27.4. The van der Waals surface area contributed by atoms with Crippen LogP contribution in [-0.4, -0.2) is 32.2 Å². The molecule has 0 saturated carbocycles. The number of ether oxygens (including phenoxy) is 4.